The van der Waals surface area contributed by atoms with E-state index in [1.54, 1.807) is 4.90 Å². The van der Waals surface area contributed by atoms with Gasteiger partial charge >= 0.3 is 6.18 Å². The van der Waals surface area contributed by atoms with E-state index in [9.17, 15) is 18.0 Å². The summed E-state index contributed by atoms with van der Waals surface area (Å²) in [4.78, 5) is 22.6. The third-order valence-corrected chi connectivity index (χ3v) is 4.58. The van der Waals surface area contributed by atoms with Gasteiger partial charge in [0.05, 0.1) is 18.8 Å². The molecule has 1 amide bonds. The number of benzene rings is 1. The zero-order valence-corrected chi connectivity index (χ0v) is 14.8. The highest BCUT2D eigenvalue weighted by Gasteiger charge is 2.33. The van der Waals surface area contributed by atoms with E-state index in [0.717, 1.165) is 18.0 Å². The van der Waals surface area contributed by atoms with Gasteiger partial charge in [0.15, 0.2) is 11.5 Å². The second-order valence-corrected chi connectivity index (χ2v) is 6.49. The van der Waals surface area contributed by atoms with Gasteiger partial charge in [-0.1, -0.05) is 0 Å². The van der Waals surface area contributed by atoms with E-state index in [2.05, 4.69) is 14.7 Å². The Morgan fingerprint density at radius 1 is 1.22 bits per heavy atom. The predicted molar refractivity (Wildman–Crippen MR) is 94.1 cm³/mol. The molecule has 1 aromatic carbocycles. The van der Waals surface area contributed by atoms with E-state index in [0.29, 0.717) is 26.3 Å². The molecule has 1 aromatic heterocycles. The summed E-state index contributed by atoms with van der Waals surface area (Å²) in [5.41, 5.74) is 4.22. The van der Waals surface area contributed by atoms with Crippen LogP contribution in [0.25, 0.3) is 0 Å². The van der Waals surface area contributed by atoms with Crippen molar-refractivity contribution in [1.82, 2.24) is 14.9 Å². The Kier molecular flexibility index (Phi) is 5.71. The van der Waals surface area contributed by atoms with Crippen LogP contribution in [0.4, 0.5) is 24.7 Å². The molecular formula is C16H16F3N5O2S. The van der Waals surface area contributed by atoms with Crippen LogP contribution in [-0.2, 0) is 10.9 Å². The van der Waals surface area contributed by atoms with Crippen LogP contribution in [-0.4, -0.2) is 47.1 Å². The molecule has 11 heteroatoms. The number of morpholine rings is 1. The standard InChI is InChI=1S/C16H16F3N5O2S/c17-16(18,19)11-9-10(1-2-12(11)20)27-23-14-13(21-3-4-22-14)15(25)24-5-7-26-8-6-24/h1-4,9H,5-8,20H2,(H,22,23). The number of nitrogens with two attached hydrogens (primary N) is 1. The van der Waals surface area contributed by atoms with Crippen molar-refractivity contribution in [3.8, 4) is 0 Å². The monoisotopic (exact) mass is 399 g/mol. The summed E-state index contributed by atoms with van der Waals surface area (Å²) in [5, 5.41) is 0. The highest BCUT2D eigenvalue weighted by molar-refractivity contribution is 8.00. The van der Waals surface area contributed by atoms with E-state index < -0.39 is 11.7 Å². The van der Waals surface area contributed by atoms with Gasteiger partial charge in [-0.2, -0.15) is 13.2 Å². The molecule has 1 fully saturated rings. The van der Waals surface area contributed by atoms with Gasteiger partial charge in [0, 0.05) is 36.1 Å². The number of aromatic nitrogens is 2. The van der Waals surface area contributed by atoms with Crippen molar-refractivity contribution in [3.63, 3.8) is 0 Å². The topological polar surface area (TPSA) is 93.4 Å². The third-order valence-electron chi connectivity index (χ3n) is 3.79. The molecule has 1 aliphatic rings. The molecule has 0 unspecified atom stereocenters. The normalized spacial score (nSPS) is 14.9. The first-order valence-electron chi connectivity index (χ1n) is 7.94. The Balaban J connectivity index is 1.76. The lowest BCUT2D eigenvalue weighted by atomic mass is 10.2. The number of hydrogen-bond acceptors (Lipinski definition) is 7. The maximum atomic E-state index is 13.0. The summed E-state index contributed by atoms with van der Waals surface area (Å²) in [7, 11) is 0. The van der Waals surface area contributed by atoms with E-state index in [4.69, 9.17) is 10.5 Å². The van der Waals surface area contributed by atoms with Crippen molar-refractivity contribution in [2.45, 2.75) is 11.1 Å². The van der Waals surface area contributed by atoms with E-state index in [1.807, 2.05) is 0 Å². The number of nitrogens with one attached hydrogen (secondary N) is 1. The first kappa shape index (κ1) is 19.2. The SMILES string of the molecule is Nc1ccc(SNc2nccnc2C(=O)N2CCOCC2)cc1C(F)(F)F. The number of carbonyl (C=O) groups is 1. The molecule has 3 rings (SSSR count). The van der Waals surface area contributed by atoms with Crippen LogP contribution < -0.4 is 10.5 Å². The summed E-state index contributed by atoms with van der Waals surface area (Å²) >= 11 is 0.887. The number of nitrogens with zero attached hydrogens (tertiary/aromatic N) is 3. The van der Waals surface area contributed by atoms with Crippen LogP contribution in [0.2, 0.25) is 0 Å². The van der Waals surface area contributed by atoms with Gasteiger partial charge in [-0.3, -0.25) is 4.79 Å². The van der Waals surface area contributed by atoms with Crippen LogP contribution in [0.1, 0.15) is 16.1 Å². The van der Waals surface area contributed by atoms with Crippen LogP contribution in [0, 0.1) is 0 Å². The number of amides is 1. The lowest BCUT2D eigenvalue weighted by Gasteiger charge is -2.26. The van der Waals surface area contributed by atoms with Crippen molar-refractivity contribution < 1.29 is 22.7 Å². The van der Waals surface area contributed by atoms with Crippen molar-refractivity contribution in [2.24, 2.45) is 0 Å². The maximum absolute atomic E-state index is 13.0. The minimum Gasteiger partial charge on any atom is -0.398 e. The lowest BCUT2D eigenvalue weighted by Crippen LogP contribution is -2.41. The highest BCUT2D eigenvalue weighted by Crippen LogP contribution is 2.36. The first-order chi connectivity index (χ1) is 12.9. The predicted octanol–water partition coefficient (Wildman–Crippen LogP) is 2.67. The summed E-state index contributed by atoms with van der Waals surface area (Å²) in [6.45, 7) is 1.76. The van der Waals surface area contributed by atoms with Crippen LogP contribution in [0.15, 0.2) is 35.5 Å². The fourth-order valence-electron chi connectivity index (χ4n) is 2.44. The number of carbonyl (C=O) groups excluding carboxylic acids is 1. The molecule has 2 heterocycles. The average Bonchev–Trinajstić information content (AvgIpc) is 2.67. The first-order valence-corrected chi connectivity index (χ1v) is 8.75. The van der Waals surface area contributed by atoms with E-state index >= 15 is 0 Å². The van der Waals surface area contributed by atoms with Crippen LogP contribution in [0.3, 0.4) is 0 Å². The largest absolute Gasteiger partial charge is 0.418 e. The Bertz CT molecular complexity index is 828. The maximum Gasteiger partial charge on any atom is 0.418 e. The number of nitrogen functional groups attached to an aromatic ring is 1. The molecule has 0 aliphatic carbocycles. The van der Waals surface area contributed by atoms with Gasteiger partial charge in [-0.15, -0.1) is 0 Å². The van der Waals surface area contributed by atoms with E-state index in [-0.39, 0.29) is 28.0 Å². The second-order valence-electron chi connectivity index (χ2n) is 5.61. The average molecular weight is 399 g/mol. The molecule has 27 heavy (non-hydrogen) atoms. The van der Waals surface area contributed by atoms with Gasteiger partial charge in [0.2, 0.25) is 0 Å². The van der Waals surface area contributed by atoms with Crippen molar-refractivity contribution >= 4 is 29.4 Å². The highest BCUT2D eigenvalue weighted by atomic mass is 32.2. The summed E-state index contributed by atoms with van der Waals surface area (Å²) in [6, 6.07) is 3.57. The quantitative estimate of drug-likeness (QED) is 0.603. The molecule has 1 aliphatic heterocycles. The molecule has 2 aromatic rings. The van der Waals surface area contributed by atoms with Crippen LogP contribution >= 0.6 is 11.9 Å². The number of ether oxygens (including phenoxy) is 1. The minimum atomic E-state index is -4.55. The van der Waals surface area contributed by atoms with Gasteiger partial charge in [0.25, 0.3) is 5.91 Å². The van der Waals surface area contributed by atoms with Gasteiger partial charge < -0.3 is 20.1 Å². The zero-order valence-electron chi connectivity index (χ0n) is 14.0. The molecule has 3 N–H and O–H groups in total. The smallest absolute Gasteiger partial charge is 0.398 e. The van der Waals surface area contributed by atoms with E-state index in [1.165, 1.54) is 24.5 Å². The number of rotatable bonds is 4. The number of hydrogen-bond donors (Lipinski definition) is 2. The number of anilines is 2. The Labute approximate surface area is 157 Å². The third kappa shape index (κ3) is 4.61. The van der Waals surface area contributed by atoms with Gasteiger partial charge in [-0.25, -0.2) is 9.97 Å². The zero-order chi connectivity index (χ0) is 19.4. The minimum absolute atomic E-state index is 0.0957. The van der Waals surface area contributed by atoms with Gasteiger partial charge in [0.1, 0.15) is 0 Å². The molecule has 144 valence electrons. The van der Waals surface area contributed by atoms with Gasteiger partial charge in [-0.05, 0) is 30.1 Å². The second kappa shape index (κ2) is 8.01. The van der Waals surface area contributed by atoms with Crippen molar-refractivity contribution in [3.05, 3.63) is 41.9 Å². The fraction of sp³-hybridized carbons (Fsp3) is 0.312. The molecule has 0 radical (unpaired) electrons. The number of halogens is 3. The summed E-state index contributed by atoms with van der Waals surface area (Å²) in [6.07, 6.45) is -1.78. The van der Waals surface area contributed by atoms with Crippen molar-refractivity contribution in [1.29, 1.82) is 0 Å². The van der Waals surface area contributed by atoms with Crippen molar-refractivity contribution in [2.75, 3.05) is 36.8 Å². The molecule has 7 nitrogen and oxygen atoms in total. The molecular weight excluding hydrogens is 383 g/mol. The molecule has 0 saturated carbocycles. The Morgan fingerprint density at radius 2 is 1.93 bits per heavy atom. The molecule has 0 spiro atoms. The number of alkyl halides is 3. The van der Waals surface area contributed by atoms with Crippen LogP contribution in [0.5, 0.6) is 0 Å². The summed E-state index contributed by atoms with van der Waals surface area (Å²) in [5.74, 6) is -0.146. The Morgan fingerprint density at radius 3 is 2.63 bits per heavy atom. The molecule has 1 saturated heterocycles. The Hall–Kier alpha value is -2.53. The lowest BCUT2D eigenvalue weighted by molar-refractivity contribution is -0.137. The molecule has 0 bridgehead atoms. The molecule has 0 atom stereocenters. The summed E-state index contributed by atoms with van der Waals surface area (Å²) < 4.78 is 46.9. The fourth-order valence-corrected chi connectivity index (χ4v) is 3.11.